The molecule has 0 aliphatic rings. The molecule has 0 radical (unpaired) electrons. The number of hydrogen-bond donors (Lipinski definition) is 2. The summed E-state index contributed by atoms with van der Waals surface area (Å²) in [7, 11) is 0. The lowest BCUT2D eigenvalue weighted by Crippen LogP contribution is -2.31. The summed E-state index contributed by atoms with van der Waals surface area (Å²) < 4.78 is 5.05. The van der Waals surface area contributed by atoms with Gasteiger partial charge in [-0.05, 0) is 20.3 Å². The first-order valence-electron chi connectivity index (χ1n) is 5.64. The number of carboxylic acid groups (broad SMARTS) is 1. The van der Waals surface area contributed by atoms with Crippen molar-refractivity contribution in [1.82, 2.24) is 10.1 Å². The van der Waals surface area contributed by atoms with Crippen LogP contribution < -0.4 is 5.32 Å². The summed E-state index contributed by atoms with van der Waals surface area (Å²) in [5, 5.41) is 15.5. The number of anilines is 1. The Labute approximate surface area is 100 Å². The van der Waals surface area contributed by atoms with Gasteiger partial charge in [0.05, 0.1) is 0 Å². The van der Waals surface area contributed by atoms with Crippen molar-refractivity contribution in [2.45, 2.75) is 52.0 Å². The summed E-state index contributed by atoms with van der Waals surface area (Å²) >= 11 is 0. The van der Waals surface area contributed by atoms with Gasteiger partial charge < -0.3 is 14.9 Å². The van der Waals surface area contributed by atoms with E-state index in [0.29, 0.717) is 18.3 Å². The molecule has 0 amide bonds. The van der Waals surface area contributed by atoms with Crippen molar-refractivity contribution in [3.63, 3.8) is 0 Å². The maximum absolute atomic E-state index is 10.5. The molecule has 0 aromatic carbocycles. The highest BCUT2D eigenvalue weighted by Gasteiger charge is 2.22. The summed E-state index contributed by atoms with van der Waals surface area (Å²) in [6, 6.07) is 0.337. The highest BCUT2D eigenvalue weighted by Crippen LogP contribution is 2.20. The number of aromatic nitrogens is 2. The summed E-state index contributed by atoms with van der Waals surface area (Å²) in [5.74, 6) is 0.0336. The molecule has 6 nitrogen and oxygen atoms in total. The third kappa shape index (κ3) is 4.42. The molecule has 2 N–H and O–H groups in total. The Morgan fingerprint density at radius 2 is 2.18 bits per heavy atom. The third-order valence-electron chi connectivity index (χ3n) is 2.37. The van der Waals surface area contributed by atoms with Crippen LogP contribution >= 0.6 is 0 Å². The number of carbonyl (C=O) groups is 1. The van der Waals surface area contributed by atoms with Gasteiger partial charge in [-0.1, -0.05) is 19.0 Å². The van der Waals surface area contributed by atoms with Gasteiger partial charge in [-0.25, -0.2) is 0 Å². The second-order valence-corrected chi connectivity index (χ2v) is 5.02. The average Bonchev–Trinajstić information content (AvgIpc) is 2.63. The molecule has 0 saturated carbocycles. The van der Waals surface area contributed by atoms with Gasteiger partial charge in [0.25, 0.3) is 0 Å². The van der Waals surface area contributed by atoms with Crippen molar-refractivity contribution in [1.29, 1.82) is 0 Å². The van der Waals surface area contributed by atoms with Gasteiger partial charge >= 0.3 is 12.0 Å². The van der Waals surface area contributed by atoms with Crippen molar-refractivity contribution in [3.05, 3.63) is 5.82 Å². The first-order chi connectivity index (χ1) is 7.80. The Kier molecular flexibility index (Phi) is 4.09. The normalized spacial score (nSPS) is 11.8. The molecule has 0 saturated heterocycles. The topological polar surface area (TPSA) is 88.2 Å². The van der Waals surface area contributed by atoms with Gasteiger partial charge in [-0.2, -0.15) is 4.98 Å². The molecular weight excluding hydrogens is 222 g/mol. The molecule has 1 heterocycles. The minimum atomic E-state index is -0.812. The van der Waals surface area contributed by atoms with E-state index in [9.17, 15) is 4.79 Å². The van der Waals surface area contributed by atoms with Crippen LogP contribution in [0.3, 0.4) is 0 Å². The Morgan fingerprint density at radius 3 is 2.65 bits per heavy atom. The number of carboxylic acids is 1. The van der Waals surface area contributed by atoms with Crippen LogP contribution in [0.25, 0.3) is 0 Å². The highest BCUT2D eigenvalue weighted by molar-refractivity contribution is 5.66. The molecule has 0 atom stereocenters. The molecule has 0 fully saturated rings. The second-order valence-electron chi connectivity index (χ2n) is 5.02. The number of rotatable bonds is 6. The standard InChI is InChI=1S/C11H19N3O3/c1-7(2)9-12-10(17-14-9)13-11(3,4)6-5-8(15)16/h7H,5-6H2,1-4H3,(H,15,16)(H,12,13,14). The molecule has 0 unspecified atom stereocenters. The fourth-order valence-electron chi connectivity index (χ4n) is 1.29. The van der Waals surface area contributed by atoms with E-state index >= 15 is 0 Å². The van der Waals surface area contributed by atoms with Crippen molar-refractivity contribution in [3.8, 4) is 0 Å². The predicted molar refractivity (Wildman–Crippen MR) is 63.0 cm³/mol. The summed E-state index contributed by atoms with van der Waals surface area (Å²) in [6.07, 6.45) is 0.590. The van der Waals surface area contributed by atoms with E-state index in [4.69, 9.17) is 9.63 Å². The van der Waals surface area contributed by atoms with Crippen molar-refractivity contribution in [2.75, 3.05) is 5.32 Å². The van der Waals surface area contributed by atoms with Crippen LogP contribution in [0.1, 0.15) is 52.3 Å². The van der Waals surface area contributed by atoms with Crippen LogP contribution in [0.15, 0.2) is 4.52 Å². The zero-order chi connectivity index (χ0) is 13.1. The minimum absolute atomic E-state index is 0.102. The lowest BCUT2D eigenvalue weighted by molar-refractivity contribution is -0.137. The molecule has 1 aromatic rings. The third-order valence-corrected chi connectivity index (χ3v) is 2.37. The van der Waals surface area contributed by atoms with Gasteiger partial charge in [0.15, 0.2) is 5.82 Å². The first-order valence-corrected chi connectivity index (χ1v) is 5.64. The molecular formula is C11H19N3O3. The van der Waals surface area contributed by atoms with Gasteiger partial charge in [0.1, 0.15) is 0 Å². The molecule has 6 heteroatoms. The van der Waals surface area contributed by atoms with E-state index < -0.39 is 5.97 Å². The summed E-state index contributed by atoms with van der Waals surface area (Å²) in [6.45, 7) is 7.75. The van der Waals surface area contributed by atoms with E-state index in [-0.39, 0.29) is 17.9 Å². The van der Waals surface area contributed by atoms with E-state index in [2.05, 4.69) is 15.5 Å². The number of nitrogens with zero attached hydrogens (tertiary/aromatic N) is 2. The monoisotopic (exact) mass is 241 g/mol. The zero-order valence-electron chi connectivity index (χ0n) is 10.6. The second kappa shape index (κ2) is 5.16. The van der Waals surface area contributed by atoms with Crippen LogP contribution in [0.4, 0.5) is 6.01 Å². The van der Waals surface area contributed by atoms with Crippen LogP contribution in [0.5, 0.6) is 0 Å². The van der Waals surface area contributed by atoms with E-state index in [1.54, 1.807) is 0 Å². The van der Waals surface area contributed by atoms with Crippen LogP contribution in [-0.4, -0.2) is 26.8 Å². The average molecular weight is 241 g/mol. The van der Waals surface area contributed by atoms with E-state index in [0.717, 1.165) is 0 Å². The maximum Gasteiger partial charge on any atom is 0.321 e. The molecule has 17 heavy (non-hydrogen) atoms. The molecule has 1 rings (SSSR count). The quantitative estimate of drug-likeness (QED) is 0.794. The lowest BCUT2D eigenvalue weighted by Gasteiger charge is -2.23. The Hall–Kier alpha value is -1.59. The van der Waals surface area contributed by atoms with Crippen LogP contribution in [0, 0.1) is 0 Å². The minimum Gasteiger partial charge on any atom is -0.481 e. The Bertz CT molecular complexity index is 385. The fraction of sp³-hybridized carbons (Fsp3) is 0.727. The highest BCUT2D eigenvalue weighted by atomic mass is 16.5. The molecule has 1 aromatic heterocycles. The molecule has 0 aliphatic carbocycles. The lowest BCUT2D eigenvalue weighted by atomic mass is 9.99. The van der Waals surface area contributed by atoms with Crippen molar-refractivity contribution >= 4 is 12.0 Å². The van der Waals surface area contributed by atoms with Crippen molar-refractivity contribution in [2.24, 2.45) is 0 Å². The first kappa shape index (κ1) is 13.5. The molecule has 0 aliphatic heterocycles. The fourth-order valence-corrected chi connectivity index (χ4v) is 1.29. The van der Waals surface area contributed by atoms with Crippen LogP contribution in [0.2, 0.25) is 0 Å². The van der Waals surface area contributed by atoms with E-state index in [1.807, 2.05) is 27.7 Å². The van der Waals surface area contributed by atoms with Gasteiger partial charge in [-0.15, -0.1) is 0 Å². The number of hydrogen-bond acceptors (Lipinski definition) is 5. The largest absolute Gasteiger partial charge is 0.481 e. The maximum atomic E-state index is 10.5. The van der Waals surface area contributed by atoms with Crippen LogP contribution in [-0.2, 0) is 4.79 Å². The summed E-state index contributed by atoms with van der Waals surface area (Å²) in [4.78, 5) is 14.7. The molecule has 96 valence electrons. The molecule has 0 bridgehead atoms. The molecule has 0 spiro atoms. The predicted octanol–water partition coefficient (Wildman–Crippen LogP) is 2.25. The zero-order valence-corrected chi connectivity index (χ0v) is 10.6. The smallest absolute Gasteiger partial charge is 0.321 e. The number of nitrogens with one attached hydrogen (secondary N) is 1. The van der Waals surface area contributed by atoms with Gasteiger partial charge in [0.2, 0.25) is 0 Å². The van der Waals surface area contributed by atoms with Gasteiger partial charge in [0, 0.05) is 17.9 Å². The Morgan fingerprint density at radius 1 is 1.53 bits per heavy atom. The SMILES string of the molecule is CC(C)c1noc(NC(C)(C)CCC(=O)O)n1. The number of aliphatic carboxylic acids is 1. The Balaban J connectivity index is 2.59. The summed E-state index contributed by atoms with van der Waals surface area (Å²) in [5.41, 5.74) is -0.390. The van der Waals surface area contributed by atoms with Crippen molar-refractivity contribution < 1.29 is 14.4 Å². The van der Waals surface area contributed by atoms with Gasteiger partial charge in [-0.3, -0.25) is 4.79 Å². The van der Waals surface area contributed by atoms with E-state index in [1.165, 1.54) is 0 Å².